The monoisotopic (exact) mass is 429 g/mol. The molecule has 0 saturated carbocycles. The summed E-state index contributed by atoms with van der Waals surface area (Å²) >= 11 is 0. The Morgan fingerprint density at radius 3 is 2.54 bits per heavy atom. The summed E-state index contributed by atoms with van der Waals surface area (Å²) in [5.74, 6) is 0.915. The zero-order valence-electron chi connectivity index (χ0n) is 17.4. The summed E-state index contributed by atoms with van der Waals surface area (Å²) in [4.78, 5) is 20.2. The number of amides is 1. The molecular weight excluding hydrogens is 397 g/mol. The number of piperidine rings is 1. The van der Waals surface area contributed by atoms with Gasteiger partial charge in [0.25, 0.3) is 5.91 Å². The molecule has 1 aliphatic rings. The summed E-state index contributed by atoms with van der Waals surface area (Å²) in [7, 11) is 0. The second-order valence-electron chi connectivity index (χ2n) is 8.19. The average Bonchev–Trinajstić information content (AvgIpc) is 3.04. The van der Waals surface area contributed by atoms with Gasteiger partial charge in [0.2, 0.25) is 0 Å². The van der Waals surface area contributed by atoms with Crippen molar-refractivity contribution in [2.75, 3.05) is 13.1 Å². The molecule has 2 atom stereocenters. The Kier molecular flexibility index (Phi) is 8.72. The van der Waals surface area contributed by atoms with Gasteiger partial charge in [-0.25, -0.2) is 9.67 Å². The van der Waals surface area contributed by atoms with Crippen molar-refractivity contribution in [1.82, 2.24) is 19.7 Å². The first-order valence-electron chi connectivity index (χ1n) is 9.72. The van der Waals surface area contributed by atoms with Gasteiger partial charge in [0.1, 0.15) is 0 Å². The topological polar surface area (TPSA) is 77.0 Å². The van der Waals surface area contributed by atoms with Crippen molar-refractivity contribution in [2.24, 2.45) is 11.7 Å². The van der Waals surface area contributed by atoms with E-state index < -0.39 is 0 Å². The standard InChI is InChI=1S/C20H31N5O.2ClH/c1-12(2)18-9-16(17-11-22-25(13(3)4)19(17)23-18)20(26)24-7-6-14(5)8-15(24)10-21;;/h9,11-15H,6-8,10,21H2,1-5H3;2*1H. The Morgan fingerprint density at radius 2 is 1.96 bits per heavy atom. The van der Waals surface area contributed by atoms with Crippen LogP contribution in [0.3, 0.4) is 0 Å². The lowest BCUT2D eigenvalue weighted by atomic mass is 9.91. The van der Waals surface area contributed by atoms with E-state index in [-0.39, 0.29) is 48.7 Å². The van der Waals surface area contributed by atoms with Crippen LogP contribution in [0.5, 0.6) is 0 Å². The molecule has 3 heterocycles. The van der Waals surface area contributed by atoms with E-state index >= 15 is 0 Å². The van der Waals surface area contributed by atoms with Crippen LogP contribution in [0.4, 0.5) is 0 Å². The van der Waals surface area contributed by atoms with E-state index in [4.69, 9.17) is 10.7 Å². The van der Waals surface area contributed by atoms with Crippen molar-refractivity contribution < 1.29 is 4.79 Å². The molecule has 2 aromatic heterocycles. The number of carbonyl (C=O) groups is 1. The van der Waals surface area contributed by atoms with Gasteiger partial charge in [-0.05, 0) is 44.6 Å². The maximum Gasteiger partial charge on any atom is 0.255 e. The van der Waals surface area contributed by atoms with Gasteiger partial charge in [-0.1, -0.05) is 20.8 Å². The molecule has 3 rings (SSSR count). The molecule has 2 aromatic rings. The number of halogens is 2. The molecule has 8 heteroatoms. The summed E-state index contributed by atoms with van der Waals surface area (Å²) in [5, 5.41) is 5.33. The van der Waals surface area contributed by atoms with Crippen LogP contribution < -0.4 is 5.73 Å². The third kappa shape index (κ3) is 4.61. The lowest BCUT2D eigenvalue weighted by molar-refractivity contribution is 0.0575. The molecule has 1 saturated heterocycles. The van der Waals surface area contributed by atoms with Crippen molar-refractivity contribution in [3.63, 3.8) is 0 Å². The number of hydrogen-bond acceptors (Lipinski definition) is 4. The minimum Gasteiger partial charge on any atom is -0.334 e. The summed E-state index contributed by atoms with van der Waals surface area (Å²) in [6, 6.07) is 2.25. The van der Waals surface area contributed by atoms with Gasteiger partial charge >= 0.3 is 0 Å². The van der Waals surface area contributed by atoms with Crippen molar-refractivity contribution in [1.29, 1.82) is 0 Å². The molecule has 0 aromatic carbocycles. The zero-order valence-corrected chi connectivity index (χ0v) is 19.0. The minimum atomic E-state index is 0. The fourth-order valence-corrected chi connectivity index (χ4v) is 3.79. The number of pyridine rings is 1. The quantitative estimate of drug-likeness (QED) is 0.790. The third-order valence-corrected chi connectivity index (χ3v) is 5.41. The Balaban J connectivity index is 0.00000196. The van der Waals surface area contributed by atoms with Gasteiger partial charge in [0.05, 0.1) is 17.1 Å². The molecule has 2 unspecified atom stereocenters. The van der Waals surface area contributed by atoms with E-state index in [2.05, 4.69) is 39.7 Å². The first kappa shape index (κ1) is 24.7. The highest BCUT2D eigenvalue weighted by Crippen LogP contribution is 2.28. The fourth-order valence-electron chi connectivity index (χ4n) is 3.79. The Bertz CT molecular complexity index is 805. The molecule has 0 spiro atoms. The van der Waals surface area contributed by atoms with Crippen LogP contribution >= 0.6 is 24.8 Å². The highest BCUT2D eigenvalue weighted by molar-refractivity contribution is 6.05. The van der Waals surface area contributed by atoms with Gasteiger partial charge in [0, 0.05) is 30.9 Å². The molecular formula is C20H33Cl2N5O. The van der Waals surface area contributed by atoms with Crippen molar-refractivity contribution in [2.45, 2.75) is 65.5 Å². The van der Waals surface area contributed by atoms with Crippen LogP contribution in [-0.2, 0) is 0 Å². The molecule has 1 amide bonds. The van der Waals surface area contributed by atoms with E-state index in [0.29, 0.717) is 18.0 Å². The van der Waals surface area contributed by atoms with E-state index in [1.807, 2.05) is 15.6 Å². The molecule has 28 heavy (non-hydrogen) atoms. The largest absolute Gasteiger partial charge is 0.334 e. The fraction of sp³-hybridized carbons (Fsp3) is 0.650. The second-order valence-corrected chi connectivity index (χ2v) is 8.19. The highest BCUT2D eigenvalue weighted by Gasteiger charge is 2.31. The van der Waals surface area contributed by atoms with Gasteiger partial charge in [0.15, 0.2) is 5.65 Å². The lowest BCUT2D eigenvalue weighted by Crippen LogP contribution is -2.49. The van der Waals surface area contributed by atoms with Crippen LogP contribution in [0.15, 0.2) is 12.3 Å². The van der Waals surface area contributed by atoms with E-state index in [9.17, 15) is 4.79 Å². The number of nitrogens with zero attached hydrogens (tertiary/aromatic N) is 4. The number of fused-ring (bicyclic) bond motifs is 1. The molecule has 6 nitrogen and oxygen atoms in total. The van der Waals surface area contributed by atoms with Gasteiger partial charge in [-0.3, -0.25) is 4.79 Å². The number of nitrogens with two attached hydrogens (primary N) is 1. The second kappa shape index (κ2) is 9.90. The molecule has 2 N–H and O–H groups in total. The Labute approximate surface area is 180 Å². The molecule has 0 radical (unpaired) electrons. The molecule has 0 bridgehead atoms. The molecule has 1 fully saturated rings. The first-order chi connectivity index (χ1) is 12.3. The van der Waals surface area contributed by atoms with Gasteiger partial charge in [-0.2, -0.15) is 5.10 Å². The summed E-state index contributed by atoms with van der Waals surface area (Å²) < 4.78 is 1.90. The Hall–Kier alpha value is -1.37. The van der Waals surface area contributed by atoms with E-state index in [0.717, 1.165) is 36.1 Å². The molecule has 158 valence electrons. The summed E-state index contributed by atoms with van der Waals surface area (Å²) in [6.07, 6.45) is 3.78. The maximum atomic E-state index is 13.4. The van der Waals surface area contributed by atoms with Gasteiger partial charge < -0.3 is 10.6 Å². The summed E-state index contributed by atoms with van der Waals surface area (Å²) in [5.41, 5.74) is 8.41. The van der Waals surface area contributed by atoms with Crippen molar-refractivity contribution >= 4 is 41.8 Å². The van der Waals surface area contributed by atoms with Crippen molar-refractivity contribution in [3.8, 4) is 0 Å². The smallest absolute Gasteiger partial charge is 0.255 e. The van der Waals surface area contributed by atoms with Crippen molar-refractivity contribution in [3.05, 3.63) is 23.5 Å². The predicted molar refractivity (Wildman–Crippen MR) is 119 cm³/mol. The number of rotatable bonds is 4. The minimum absolute atomic E-state index is 0. The van der Waals surface area contributed by atoms with Gasteiger partial charge in [-0.15, -0.1) is 24.8 Å². The number of likely N-dealkylation sites (tertiary alicyclic amines) is 1. The number of carbonyl (C=O) groups excluding carboxylic acids is 1. The normalized spacial score (nSPS) is 19.6. The zero-order chi connectivity index (χ0) is 19.0. The Morgan fingerprint density at radius 1 is 1.29 bits per heavy atom. The number of aromatic nitrogens is 3. The van der Waals surface area contributed by atoms with Crippen LogP contribution in [-0.4, -0.2) is 44.7 Å². The average molecular weight is 430 g/mol. The molecule has 0 aliphatic carbocycles. The van der Waals surface area contributed by atoms with E-state index in [1.165, 1.54) is 0 Å². The van der Waals surface area contributed by atoms with Crippen LogP contribution in [0.2, 0.25) is 0 Å². The number of hydrogen-bond donors (Lipinski definition) is 1. The molecule has 1 aliphatic heterocycles. The SMILES string of the molecule is CC1CCN(C(=O)c2cc(C(C)C)nc3c2cnn3C(C)C)C(CN)C1.Cl.Cl. The maximum absolute atomic E-state index is 13.4. The third-order valence-electron chi connectivity index (χ3n) is 5.41. The van der Waals surface area contributed by atoms with E-state index in [1.54, 1.807) is 6.20 Å². The summed E-state index contributed by atoms with van der Waals surface area (Å²) in [6.45, 7) is 11.9. The van der Waals surface area contributed by atoms with Crippen LogP contribution in [0, 0.1) is 5.92 Å². The van der Waals surface area contributed by atoms with Crippen LogP contribution in [0.1, 0.15) is 75.5 Å². The lowest BCUT2D eigenvalue weighted by Gasteiger charge is -2.38. The van der Waals surface area contributed by atoms with Crippen LogP contribution in [0.25, 0.3) is 11.0 Å². The first-order valence-corrected chi connectivity index (χ1v) is 9.72. The highest BCUT2D eigenvalue weighted by atomic mass is 35.5. The predicted octanol–water partition coefficient (Wildman–Crippen LogP) is 4.18.